The van der Waals surface area contributed by atoms with Crippen LogP contribution in [0.5, 0.6) is 0 Å². The zero-order valence-electron chi connectivity index (χ0n) is 10.7. The smallest absolute Gasteiger partial charge is 0.134 e. The van der Waals surface area contributed by atoms with Crippen LogP contribution in [0, 0.1) is 0 Å². The molecule has 3 aliphatic rings. The monoisotopic (exact) mass is 244 g/mol. The number of nitrogens with one attached hydrogen (secondary N) is 1. The molecule has 0 radical (unpaired) electrons. The molecule has 1 aliphatic heterocycles. The maximum absolute atomic E-state index is 4.82. The molecule has 0 bridgehead atoms. The summed E-state index contributed by atoms with van der Waals surface area (Å²) >= 11 is 0. The molecule has 2 heterocycles. The fourth-order valence-electron chi connectivity index (χ4n) is 2.64. The van der Waals surface area contributed by atoms with Crippen LogP contribution >= 0.6 is 0 Å². The molecular formula is C14H20N4. The predicted molar refractivity (Wildman–Crippen MR) is 71.1 cm³/mol. The van der Waals surface area contributed by atoms with E-state index < -0.39 is 0 Å². The van der Waals surface area contributed by atoms with E-state index in [0.29, 0.717) is 5.92 Å². The first kappa shape index (κ1) is 10.7. The second kappa shape index (κ2) is 4.19. The summed E-state index contributed by atoms with van der Waals surface area (Å²) in [6.07, 6.45) is 5.22. The van der Waals surface area contributed by atoms with Crippen molar-refractivity contribution in [1.82, 2.24) is 15.3 Å². The van der Waals surface area contributed by atoms with Gasteiger partial charge in [0.1, 0.15) is 11.6 Å². The Bertz CT molecular complexity index is 415. The zero-order chi connectivity index (χ0) is 11.9. The van der Waals surface area contributed by atoms with Crippen molar-refractivity contribution in [3.05, 3.63) is 17.6 Å². The normalized spacial score (nSPS) is 24.3. The van der Waals surface area contributed by atoms with E-state index in [0.717, 1.165) is 37.9 Å². The number of rotatable bonds is 3. The Labute approximate surface area is 108 Å². The van der Waals surface area contributed by atoms with E-state index in [1.807, 2.05) is 0 Å². The molecule has 1 saturated heterocycles. The molecule has 0 amide bonds. The molecule has 2 saturated carbocycles. The Morgan fingerprint density at radius 1 is 1.00 bits per heavy atom. The van der Waals surface area contributed by atoms with Gasteiger partial charge in [0.25, 0.3) is 0 Å². The Kier molecular flexibility index (Phi) is 2.50. The minimum Gasteiger partial charge on any atom is -0.354 e. The molecule has 4 heteroatoms. The highest BCUT2D eigenvalue weighted by molar-refractivity contribution is 5.42. The first-order valence-electron chi connectivity index (χ1n) is 7.25. The van der Waals surface area contributed by atoms with Crippen molar-refractivity contribution in [2.24, 2.45) is 0 Å². The second-order valence-corrected chi connectivity index (χ2v) is 5.79. The first-order valence-corrected chi connectivity index (χ1v) is 7.25. The van der Waals surface area contributed by atoms with E-state index in [-0.39, 0.29) is 0 Å². The minimum absolute atomic E-state index is 0.658. The third-order valence-electron chi connectivity index (χ3n) is 4.13. The lowest BCUT2D eigenvalue weighted by molar-refractivity contribution is 0.583. The summed E-state index contributed by atoms with van der Waals surface area (Å²) in [5, 5.41) is 3.40. The lowest BCUT2D eigenvalue weighted by Crippen LogP contribution is -2.44. The number of hydrogen-bond donors (Lipinski definition) is 1. The van der Waals surface area contributed by atoms with Crippen LogP contribution in [0.1, 0.15) is 49.0 Å². The van der Waals surface area contributed by atoms with E-state index in [9.17, 15) is 0 Å². The average Bonchev–Trinajstić information content (AvgIpc) is 3.32. The van der Waals surface area contributed by atoms with Gasteiger partial charge in [-0.05, 0) is 25.7 Å². The molecule has 2 aliphatic carbocycles. The summed E-state index contributed by atoms with van der Waals surface area (Å²) in [4.78, 5) is 12.0. The van der Waals surface area contributed by atoms with Crippen molar-refractivity contribution < 1.29 is 0 Å². The maximum atomic E-state index is 4.82. The molecule has 0 atom stereocenters. The van der Waals surface area contributed by atoms with Gasteiger partial charge in [-0.25, -0.2) is 9.97 Å². The summed E-state index contributed by atoms with van der Waals surface area (Å²) in [5.74, 6) is 3.68. The minimum atomic E-state index is 0.658. The highest BCUT2D eigenvalue weighted by Gasteiger charge is 2.31. The zero-order valence-corrected chi connectivity index (χ0v) is 10.7. The molecule has 4 nitrogen and oxygen atoms in total. The molecule has 0 unspecified atom stereocenters. The molecule has 4 rings (SSSR count). The molecule has 96 valence electrons. The highest BCUT2D eigenvalue weighted by Crippen LogP contribution is 2.43. The number of anilines is 1. The standard InChI is InChI=1S/C14H20N4/c1-2-10(1)12-9-13(18-7-5-15-6-8-18)17-14(16-12)11-3-4-11/h9-11,15H,1-8H2. The van der Waals surface area contributed by atoms with Gasteiger partial charge >= 0.3 is 0 Å². The van der Waals surface area contributed by atoms with Crippen LogP contribution in [0.15, 0.2) is 6.07 Å². The van der Waals surface area contributed by atoms with E-state index >= 15 is 0 Å². The lowest BCUT2D eigenvalue weighted by Gasteiger charge is -2.29. The molecular weight excluding hydrogens is 224 g/mol. The highest BCUT2D eigenvalue weighted by atomic mass is 15.2. The predicted octanol–water partition coefficient (Wildman–Crippen LogP) is 1.64. The Balaban J connectivity index is 1.66. The Hall–Kier alpha value is -1.16. The summed E-state index contributed by atoms with van der Waals surface area (Å²) in [5.41, 5.74) is 1.31. The van der Waals surface area contributed by atoms with Crippen molar-refractivity contribution in [1.29, 1.82) is 0 Å². The fourth-order valence-corrected chi connectivity index (χ4v) is 2.64. The van der Waals surface area contributed by atoms with Crippen molar-refractivity contribution in [2.75, 3.05) is 31.1 Å². The van der Waals surface area contributed by atoms with Crippen LogP contribution in [0.2, 0.25) is 0 Å². The maximum Gasteiger partial charge on any atom is 0.134 e. The van der Waals surface area contributed by atoms with Crippen molar-refractivity contribution in [2.45, 2.75) is 37.5 Å². The van der Waals surface area contributed by atoms with Gasteiger partial charge in [0.05, 0.1) is 0 Å². The van der Waals surface area contributed by atoms with E-state index in [1.165, 1.54) is 37.2 Å². The molecule has 1 aromatic rings. The van der Waals surface area contributed by atoms with Crippen LogP contribution in [0.25, 0.3) is 0 Å². The average molecular weight is 244 g/mol. The summed E-state index contributed by atoms with van der Waals surface area (Å²) in [6, 6.07) is 2.24. The van der Waals surface area contributed by atoms with Crippen molar-refractivity contribution in [3.63, 3.8) is 0 Å². The second-order valence-electron chi connectivity index (χ2n) is 5.79. The number of nitrogens with zero attached hydrogens (tertiary/aromatic N) is 3. The summed E-state index contributed by atoms with van der Waals surface area (Å²) in [7, 11) is 0. The van der Waals surface area contributed by atoms with Crippen LogP contribution in [0.3, 0.4) is 0 Å². The fraction of sp³-hybridized carbons (Fsp3) is 0.714. The van der Waals surface area contributed by atoms with Gasteiger partial charge in [0, 0.05) is 49.8 Å². The van der Waals surface area contributed by atoms with Crippen LogP contribution in [-0.4, -0.2) is 36.1 Å². The quantitative estimate of drug-likeness (QED) is 0.877. The van der Waals surface area contributed by atoms with Gasteiger partial charge in [-0.2, -0.15) is 0 Å². The SMILES string of the molecule is c1c(C2CC2)nc(C2CC2)nc1N1CCNCC1. The van der Waals surface area contributed by atoms with Crippen molar-refractivity contribution in [3.8, 4) is 0 Å². The summed E-state index contributed by atoms with van der Waals surface area (Å²) in [6.45, 7) is 4.29. The van der Waals surface area contributed by atoms with Gasteiger partial charge < -0.3 is 10.2 Å². The van der Waals surface area contributed by atoms with Gasteiger partial charge in [-0.1, -0.05) is 0 Å². The number of piperazine rings is 1. The Morgan fingerprint density at radius 2 is 1.72 bits per heavy atom. The van der Waals surface area contributed by atoms with Gasteiger partial charge in [-0.3, -0.25) is 0 Å². The van der Waals surface area contributed by atoms with E-state index in [2.05, 4.69) is 16.3 Å². The van der Waals surface area contributed by atoms with Crippen LogP contribution in [0.4, 0.5) is 5.82 Å². The van der Waals surface area contributed by atoms with Gasteiger partial charge in [-0.15, -0.1) is 0 Å². The molecule has 0 spiro atoms. The molecule has 0 aromatic carbocycles. The van der Waals surface area contributed by atoms with Crippen molar-refractivity contribution >= 4 is 5.82 Å². The molecule has 3 fully saturated rings. The third kappa shape index (κ3) is 2.09. The largest absolute Gasteiger partial charge is 0.354 e. The number of aromatic nitrogens is 2. The number of hydrogen-bond acceptors (Lipinski definition) is 4. The topological polar surface area (TPSA) is 41.1 Å². The van der Waals surface area contributed by atoms with Gasteiger partial charge in [0.15, 0.2) is 0 Å². The van der Waals surface area contributed by atoms with Crippen LogP contribution in [-0.2, 0) is 0 Å². The Morgan fingerprint density at radius 3 is 2.39 bits per heavy atom. The van der Waals surface area contributed by atoms with Crippen LogP contribution < -0.4 is 10.2 Å². The third-order valence-corrected chi connectivity index (χ3v) is 4.13. The summed E-state index contributed by atoms with van der Waals surface area (Å²) < 4.78 is 0. The first-order chi connectivity index (χ1) is 8.90. The molecule has 1 N–H and O–H groups in total. The van der Waals surface area contributed by atoms with E-state index in [4.69, 9.17) is 9.97 Å². The molecule has 18 heavy (non-hydrogen) atoms. The van der Waals surface area contributed by atoms with E-state index in [1.54, 1.807) is 0 Å². The van der Waals surface area contributed by atoms with Gasteiger partial charge in [0.2, 0.25) is 0 Å². The lowest BCUT2D eigenvalue weighted by atomic mass is 10.2. The molecule has 1 aromatic heterocycles.